The van der Waals surface area contributed by atoms with Gasteiger partial charge in [-0.1, -0.05) is 12.1 Å². The zero-order chi connectivity index (χ0) is 20.2. The summed E-state index contributed by atoms with van der Waals surface area (Å²) in [4.78, 5) is 22.4. The number of nitro groups is 1. The van der Waals surface area contributed by atoms with E-state index in [0.29, 0.717) is 0 Å². The summed E-state index contributed by atoms with van der Waals surface area (Å²) in [6.07, 6.45) is -5.89. The van der Waals surface area contributed by atoms with E-state index in [9.17, 15) is 28.1 Å². The van der Waals surface area contributed by atoms with Crippen LogP contribution in [0.5, 0.6) is 11.5 Å². The van der Waals surface area contributed by atoms with E-state index >= 15 is 0 Å². The number of anilines is 1. The molecule has 0 aliphatic carbocycles. The third-order valence-corrected chi connectivity index (χ3v) is 3.52. The lowest BCUT2D eigenvalue weighted by molar-refractivity contribution is -0.385. The fourth-order valence-corrected chi connectivity index (χ4v) is 2.19. The summed E-state index contributed by atoms with van der Waals surface area (Å²) in [6.45, 7) is 1.30. The van der Waals surface area contributed by atoms with Gasteiger partial charge in [0.1, 0.15) is 0 Å². The highest BCUT2D eigenvalue weighted by Crippen LogP contribution is 2.35. The van der Waals surface area contributed by atoms with Gasteiger partial charge in [0.05, 0.1) is 29.4 Å². The average Bonchev–Trinajstić information content (AvgIpc) is 2.61. The van der Waals surface area contributed by atoms with Crippen LogP contribution in [0.2, 0.25) is 0 Å². The molecule has 1 atom stereocenters. The minimum Gasteiger partial charge on any atom is -0.493 e. The van der Waals surface area contributed by atoms with Crippen molar-refractivity contribution in [1.29, 1.82) is 0 Å². The Morgan fingerprint density at radius 1 is 1.19 bits per heavy atom. The molecule has 0 bridgehead atoms. The Morgan fingerprint density at radius 3 is 2.44 bits per heavy atom. The number of non-ortho nitro benzene ring substituents is 1. The van der Waals surface area contributed by atoms with Crippen LogP contribution in [0.15, 0.2) is 42.5 Å². The Bertz CT molecular complexity index is 855. The zero-order valence-corrected chi connectivity index (χ0v) is 14.2. The third-order valence-electron chi connectivity index (χ3n) is 3.52. The lowest BCUT2D eigenvalue weighted by Gasteiger charge is -2.18. The number of hydrogen-bond donors (Lipinski definition) is 1. The van der Waals surface area contributed by atoms with Crippen LogP contribution >= 0.6 is 0 Å². The molecule has 1 amide bonds. The monoisotopic (exact) mass is 384 g/mol. The van der Waals surface area contributed by atoms with E-state index in [2.05, 4.69) is 5.32 Å². The molecular formula is C17H15F3N2O5. The van der Waals surface area contributed by atoms with Gasteiger partial charge >= 0.3 is 6.18 Å². The number of methoxy groups -OCH3 is 1. The number of amides is 1. The van der Waals surface area contributed by atoms with E-state index in [0.717, 1.165) is 18.2 Å². The van der Waals surface area contributed by atoms with Crippen molar-refractivity contribution in [2.45, 2.75) is 19.2 Å². The SMILES string of the molecule is COc1ccc([N+](=O)[O-])cc1OC(C)C(=O)Nc1ccccc1C(F)(F)F. The number of nitrogens with one attached hydrogen (secondary N) is 1. The summed E-state index contributed by atoms with van der Waals surface area (Å²) in [5, 5.41) is 13.0. The van der Waals surface area contributed by atoms with Gasteiger partial charge in [-0.3, -0.25) is 14.9 Å². The largest absolute Gasteiger partial charge is 0.493 e. The zero-order valence-electron chi connectivity index (χ0n) is 14.2. The fraction of sp³-hybridized carbons (Fsp3) is 0.235. The molecule has 27 heavy (non-hydrogen) atoms. The lowest BCUT2D eigenvalue weighted by atomic mass is 10.1. The van der Waals surface area contributed by atoms with E-state index in [1.54, 1.807) is 0 Å². The van der Waals surface area contributed by atoms with Crippen LogP contribution in [-0.4, -0.2) is 24.0 Å². The minimum absolute atomic E-state index is 0.0848. The first kappa shape index (κ1) is 20.0. The molecule has 0 spiro atoms. The number of ether oxygens (including phenoxy) is 2. The van der Waals surface area contributed by atoms with Crippen LogP contribution in [0.3, 0.4) is 0 Å². The number of para-hydroxylation sites is 1. The van der Waals surface area contributed by atoms with Gasteiger partial charge in [0.25, 0.3) is 11.6 Å². The van der Waals surface area contributed by atoms with Crippen LogP contribution in [0.4, 0.5) is 24.5 Å². The Hall–Kier alpha value is -3.30. The number of halogens is 3. The topological polar surface area (TPSA) is 90.7 Å². The molecule has 0 radical (unpaired) electrons. The predicted molar refractivity (Wildman–Crippen MR) is 89.8 cm³/mol. The van der Waals surface area contributed by atoms with Crippen molar-refractivity contribution in [3.05, 3.63) is 58.1 Å². The molecule has 0 aliphatic heterocycles. The quantitative estimate of drug-likeness (QED) is 0.600. The summed E-state index contributed by atoms with van der Waals surface area (Å²) in [5.74, 6) is -0.811. The van der Waals surface area contributed by atoms with Crippen LogP contribution in [0.1, 0.15) is 12.5 Å². The van der Waals surface area contributed by atoms with Gasteiger partial charge in [-0.15, -0.1) is 0 Å². The van der Waals surface area contributed by atoms with Gasteiger partial charge in [-0.2, -0.15) is 13.2 Å². The van der Waals surface area contributed by atoms with Crippen molar-refractivity contribution in [2.75, 3.05) is 12.4 Å². The highest BCUT2D eigenvalue weighted by Gasteiger charge is 2.34. The molecule has 1 unspecified atom stereocenters. The summed E-state index contributed by atoms with van der Waals surface area (Å²) >= 11 is 0. The smallest absolute Gasteiger partial charge is 0.418 e. The number of rotatable bonds is 6. The highest BCUT2D eigenvalue weighted by atomic mass is 19.4. The molecule has 2 aromatic rings. The molecule has 7 nitrogen and oxygen atoms in total. The van der Waals surface area contributed by atoms with E-state index in [1.165, 1.54) is 38.3 Å². The summed E-state index contributed by atoms with van der Waals surface area (Å²) in [7, 11) is 1.30. The maximum Gasteiger partial charge on any atom is 0.418 e. The van der Waals surface area contributed by atoms with Gasteiger partial charge in [-0.05, 0) is 25.1 Å². The van der Waals surface area contributed by atoms with E-state index in [4.69, 9.17) is 9.47 Å². The number of carbonyl (C=O) groups is 1. The summed E-state index contributed by atoms with van der Waals surface area (Å²) in [5.41, 5.74) is -1.71. The normalized spacial score (nSPS) is 12.2. The average molecular weight is 384 g/mol. The molecule has 0 saturated carbocycles. The summed E-state index contributed by atoms with van der Waals surface area (Å²) in [6, 6.07) is 8.04. The maximum absolute atomic E-state index is 13.0. The van der Waals surface area contributed by atoms with Gasteiger partial charge < -0.3 is 14.8 Å². The number of carbonyl (C=O) groups excluding carboxylic acids is 1. The molecule has 10 heteroatoms. The molecule has 0 fully saturated rings. The standard InChI is InChI=1S/C17H15F3N2O5/c1-10(27-15-9-11(22(24)25)7-8-14(15)26-2)16(23)21-13-6-4-3-5-12(13)17(18,19)20/h3-10H,1-2H3,(H,21,23). The van der Waals surface area contributed by atoms with Crippen molar-refractivity contribution in [2.24, 2.45) is 0 Å². The first-order chi connectivity index (χ1) is 12.6. The van der Waals surface area contributed by atoms with Gasteiger partial charge in [0, 0.05) is 6.07 Å². The van der Waals surface area contributed by atoms with Crippen LogP contribution in [0.25, 0.3) is 0 Å². The van der Waals surface area contributed by atoms with E-state index in [1.807, 2.05) is 0 Å². The molecule has 0 saturated heterocycles. The Balaban J connectivity index is 2.20. The first-order valence-corrected chi connectivity index (χ1v) is 7.59. The number of hydrogen-bond acceptors (Lipinski definition) is 5. The lowest BCUT2D eigenvalue weighted by Crippen LogP contribution is -2.31. The molecule has 2 rings (SSSR count). The van der Waals surface area contributed by atoms with Crippen LogP contribution < -0.4 is 14.8 Å². The second-order valence-electron chi connectivity index (χ2n) is 5.38. The van der Waals surface area contributed by atoms with Crippen molar-refractivity contribution in [1.82, 2.24) is 0 Å². The Labute approximate surface area is 151 Å². The third kappa shape index (κ3) is 4.87. The summed E-state index contributed by atoms with van der Waals surface area (Å²) < 4.78 is 49.4. The van der Waals surface area contributed by atoms with E-state index < -0.39 is 34.4 Å². The second-order valence-corrected chi connectivity index (χ2v) is 5.38. The van der Waals surface area contributed by atoms with Crippen molar-refractivity contribution >= 4 is 17.3 Å². The minimum atomic E-state index is -4.64. The van der Waals surface area contributed by atoms with Gasteiger partial charge in [0.2, 0.25) is 0 Å². The number of nitro benzene ring substituents is 1. The predicted octanol–water partition coefficient (Wildman–Crippen LogP) is 4.03. The van der Waals surface area contributed by atoms with Gasteiger partial charge in [0.15, 0.2) is 17.6 Å². The first-order valence-electron chi connectivity index (χ1n) is 7.59. The second kappa shape index (κ2) is 7.94. The number of nitrogens with zero attached hydrogens (tertiary/aromatic N) is 1. The Morgan fingerprint density at radius 2 is 1.85 bits per heavy atom. The molecule has 0 aromatic heterocycles. The Kier molecular flexibility index (Phi) is 5.88. The fourth-order valence-electron chi connectivity index (χ4n) is 2.19. The molecule has 1 N–H and O–H groups in total. The molecule has 0 aliphatic rings. The van der Waals surface area contributed by atoms with Crippen molar-refractivity contribution in [3.8, 4) is 11.5 Å². The number of benzene rings is 2. The number of alkyl halides is 3. The van der Waals surface area contributed by atoms with Gasteiger partial charge in [-0.25, -0.2) is 0 Å². The van der Waals surface area contributed by atoms with E-state index in [-0.39, 0.29) is 17.2 Å². The molecular weight excluding hydrogens is 369 g/mol. The van der Waals surface area contributed by atoms with Crippen LogP contribution in [-0.2, 0) is 11.0 Å². The maximum atomic E-state index is 13.0. The van der Waals surface area contributed by atoms with Crippen LogP contribution in [0, 0.1) is 10.1 Å². The van der Waals surface area contributed by atoms with Crippen molar-refractivity contribution < 1.29 is 32.4 Å². The highest BCUT2D eigenvalue weighted by molar-refractivity contribution is 5.95. The van der Waals surface area contributed by atoms with Crippen molar-refractivity contribution in [3.63, 3.8) is 0 Å². The molecule has 2 aromatic carbocycles. The molecule has 0 heterocycles. The molecule has 144 valence electrons.